The second-order valence-corrected chi connectivity index (χ2v) is 5.98. The van der Waals surface area contributed by atoms with Crippen LogP contribution in [0.4, 0.5) is 0 Å². The summed E-state index contributed by atoms with van der Waals surface area (Å²) in [7, 11) is 0. The molecule has 0 saturated carbocycles. The van der Waals surface area contributed by atoms with Crippen molar-refractivity contribution in [3.8, 4) is 0 Å². The van der Waals surface area contributed by atoms with Crippen LogP contribution in [0.2, 0.25) is 0 Å². The molecule has 17 heavy (non-hydrogen) atoms. The molecule has 1 fully saturated rings. The van der Waals surface area contributed by atoms with E-state index in [0.29, 0.717) is 19.1 Å². The summed E-state index contributed by atoms with van der Waals surface area (Å²) in [6, 6.07) is 0.406. The van der Waals surface area contributed by atoms with Crippen molar-refractivity contribution in [1.29, 1.82) is 0 Å². The summed E-state index contributed by atoms with van der Waals surface area (Å²) in [6.07, 6.45) is 0.514. The standard InChI is InChI=1S/C13H28N2O2/c1-10(2)14-8-13(5,16)9-15-6-11(3)17-12(4)7-15/h10-12,14,16H,6-9H2,1-5H3. The van der Waals surface area contributed by atoms with Gasteiger partial charge in [0.1, 0.15) is 0 Å². The summed E-state index contributed by atoms with van der Waals surface area (Å²) in [4.78, 5) is 2.29. The average molecular weight is 244 g/mol. The minimum atomic E-state index is -0.680. The number of aliphatic hydroxyl groups is 1. The molecular formula is C13H28N2O2. The molecule has 0 radical (unpaired) electrons. The van der Waals surface area contributed by atoms with Crippen LogP contribution >= 0.6 is 0 Å². The zero-order valence-corrected chi connectivity index (χ0v) is 11.9. The van der Waals surface area contributed by atoms with Gasteiger partial charge in [-0.1, -0.05) is 13.8 Å². The highest BCUT2D eigenvalue weighted by Crippen LogP contribution is 2.14. The van der Waals surface area contributed by atoms with Crippen LogP contribution in [0.3, 0.4) is 0 Å². The fourth-order valence-electron chi connectivity index (χ4n) is 2.38. The van der Waals surface area contributed by atoms with Crippen LogP contribution in [0.15, 0.2) is 0 Å². The Bertz CT molecular complexity index is 221. The van der Waals surface area contributed by atoms with Gasteiger partial charge in [-0.15, -0.1) is 0 Å². The Morgan fingerprint density at radius 1 is 1.35 bits per heavy atom. The fourth-order valence-corrected chi connectivity index (χ4v) is 2.38. The Balaban J connectivity index is 2.40. The van der Waals surface area contributed by atoms with Crippen LogP contribution in [-0.2, 0) is 4.74 Å². The minimum Gasteiger partial charge on any atom is -0.388 e. The van der Waals surface area contributed by atoms with Gasteiger partial charge in [0.05, 0.1) is 17.8 Å². The lowest BCUT2D eigenvalue weighted by Crippen LogP contribution is -2.54. The van der Waals surface area contributed by atoms with Crippen molar-refractivity contribution in [2.24, 2.45) is 0 Å². The van der Waals surface area contributed by atoms with E-state index in [9.17, 15) is 5.11 Å². The van der Waals surface area contributed by atoms with Gasteiger partial charge < -0.3 is 15.2 Å². The van der Waals surface area contributed by atoms with Gasteiger partial charge in [0.2, 0.25) is 0 Å². The molecule has 3 atom stereocenters. The van der Waals surface area contributed by atoms with Gasteiger partial charge in [0.25, 0.3) is 0 Å². The Hall–Kier alpha value is -0.160. The summed E-state index contributed by atoms with van der Waals surface area (Å²) in [5.41, 5.74) is -0.680. The molecular weight excluding hydrogens is 216 g/mol. The third kappa shape index (κ3) is 5.82. The Morgan fingerprint density at radius 3 is 2.35 bits per heavy atom. The molecule has 0 aromatic heterocycles. The van der Waals surface area contributed by atoms with Crippen molar-refractivity contribution in [3.63, 3.8) is 0 Å². The second kappa shape index (κ2) is 6.14. The molecule has 1 aliphatic rings. The van der Waals surface area contributed by atoms with Gasteiger partial charge in [-0.05, 0) is 20.8 Å². The van der Waals surface area contributed by atoms with Gasteiger partial charge in [-0.2, -0.15) is 0 Å². The first-order valence-electron chi connectivity index (χ1n) is 6.62. The Morgan fingerprint density at radius 2 is 1.88 bits per heavy atom. The Kier molecular flexibility index (Phi) is 5.38. The first-order chi connectivity index (χ1) is 7.78. The maximum Gasteiger partial charge on any atom is 0.0869 e. The molecule has 0 aliphatic carbocycles. The summed E-state index contributed by atoms with van der Waals surface area (Å²) in [6.45, 7) is 13.4. The zero-order chi connectivity index (χ0) is 13.1. The number of hydrogen-bond donors (Lipinski definition) is 2. The van der Waals surface area contributed by atoms with Crippen molar-refractivity contribution in [3.05, 3.63) is 0 Å². The normalized spacial score (nSPS) is 30.5. The van der Waals surface area contributed by atoms with E-state index in [0.717, 1.165) is 13.1 Å². The van der Waals surface area contributed by atoms with E-state index in [1.54, 1.807) is 0 Å². The summed E-state index contributed by atoms with van der Waals surface area (Å²) in [5.74, 6) is 0. The lowest BCUT2D eigenvalue weighted by molar-refractivity contribution is -0.0885. The first kappa shape index (κ1) is 14.9. The molecule has 0 amide bonds. The lowest BCUT2D eigenvalue weighted by atomic mass is 10.0. The molecule has 1 saturated heterocycles. The molecule has 2 N–H and O–H groups in total. The van der Waals surface area contributed by atoms with E-state index in [1.165, 1.54) is 0 Å². The lowest BCUT2D eigenvalue weighted by Gasteiger charge is -2.39. The van der Waals surface area contributed by atoms with Crippen LogP contribution < -0.4 is 5.32 Å². The highest BCUT2D eigenvalue weighted by molar-refractivity contribution is 4.84. The topological polar surface area (TPSA) is 44.7 Å². The van der Waals surface area contributed by atoms with Gasteiger partial charge in [-0.25, -0.2) is 0 Å². The van der Waals surface area contributed by atoms with Crippen molar-refractivity contribution in [2.45, 2.75) is 58.5 Å². The zero-order valence-electron chi connectivity index (χ0n) is 11.9. The number of β-amino-alcohol motifs (C(OH)–C–C–N with tert-alkyl or cyclic N) is 1. The number of ether oxygens (including phenoxy) is 1. The first-order valence-corrected chi connectivity index (χ1v) is 6.62. The van der Waals surface area contributed by atoms with Gasteiger partial charge in [0.15, 0.2) is 0 Å². The molecule has 0 aromatic rings. The van der Waals surface area contributed by atoms with Gasteiger partial charge in [0, 0.05) is 32.2 Å². The number of morpholine rings is 1. The Labute approximate surface area is 105 Å². The molecule has 1 rings (SSSR count). The van der Waals surface area contributed by atoms with Crippen molar-refractivity contribution >= 4 is 0 Å². The third-order valence-corrected chi connectivity index (χ3v) is 2.95. The van der Waals surface area contributed by atoms with Crippen LogP contribution in [-0.4, -0.2) is 60.0 Å². The van der Waals surface area contributed by atoms with Crippen LogP contribution in [0.5, 0.6) is 0 Å². The number of rotatable bonds is 5. The molecule has 4 nitrogen and oxygen atoms in total. The maximum atomic E-state index is 10.3. The SMILES string of the molecule is CC(C)NCC(C)(O)CN1CC(C)OC(C)C1. The number of nitrogens with one attached hydrogen (secondary N) is 1. The minimum absolute atomic E-state index is 0.257. The predicted molar refractivity (Wildman–Crippen MR) is 70.2 cm³/mol. The van der Waals surface area contributed by atoms with E-state index < -0.39 is 5.60 Å². The largest absolute Gasteiger partial charge is 0.388 e. The van der Waals surface area contributed by atoms with Crippen molar-refractivity contribution in [1.82, 2.24) is 10.2 Å². The summed E-state index contributed by atoms with van der Waals surface area (Å²) < 4.78 is 5.69. The van der Waals surface area contributed by atoms with Crippen molar-refractivity contribution in [2.75, 3.05) is 26.2 Å². The molecule has 0 spiro atoms. The smallest absolute Gasteiger partial charge is 0.0869 e. The van der Waals surface area contributed by atoms with Crippen LogP contribution in [0.1, 0.15) is 34.6 Å². The highest BCUT2D eigenvalue weighted by Gasteiger charge is 2.29. The highest BCUT2D eigenvalue weighted by atomic mass is 16.5. The number of hydrogen-bond acceptors (Lipinski definition) is 4. The number of nitrogens with zero attached hydrogens (tertiary/aromatic N) is 1. The van der Waals surface area contributed by atoms with E-state index in [1.807, 2.05) is 6.92 Å². The molecule has 1 heterocycles. The van der Waals surface area contributed by atoms with Crippen molar-refractivity contribution < 1.29 is 9.84 Å². The maximum absolute atomic E-state index is 10.3. The molecule has 1 aliphatic heterocycles. The van der Waals surface area contributed by atoms with E-state index in [2.05, 4.69) is 37.9 Å². The van der Waals surface area contributed by atoms with Gasteiger partial charge >= 0.3 is 0 Å². The van der Waals surface area contributed by atoms with Crippen LogP contribution in [0, 0.1) is 0 Å². The van der Waals surface area contributed by atoms with E-state index in [-0.39, 0.29) is 12.2 Å². The van der Waals surface area contributed by atoms with E-state index >= 15 is 0 Å². The molecule has 3 unspecified atom stereocenters. The molecule has 0 bridgehead atoms. The predicted octanol–water partition coefficient (Wildman–Crippen LogP) is 0.845. The summed E-state index contributed by atoms with van der Waals surface area (Å²) >= 11 is 0. The average Bonchev–Trinajstić information content (AvgIpc) is 2.12. The van der Waals surface area contributed by atoms with Gasteiger partial charge in [-0.3, -0.25) is 4.90 Å². The second-order valence-electron chi connectivity index (χ2n) is 5.98. The monoisotopic (exact) mass is 244 g/mol. The fraction of sp³-hybridized carbons (Fsp3) is 1.00. The third-order valence-electron chi connectivity index (χ3n) is 2.95. The molecule has 4 heteroatoms. The molecule has 0 aromatic carbocycles. The van der Waals surface area contributed by atoms with Crippen LogP contribution in [0.25, 0.3) is 0 Å². The quantitative estimate of drug-likeness (QED) is 0.752. The summed E-state index contributed by atoms with van der Waals surface area (Å²) in [5, 5.41) is 13.6. The molecule has 102 valence electrons. The van der Waals surface area contributed by atoms with E-state index in [4.69, 9.17) is 4.74 Å².